The average molecular weight is 372 g/mol. The number of hydrogen-bond donors (Lipinski definition) is 1. The molecule has 0 radical (unpaired) electrons. The predicted octanol–water partition coefficient (Wildman–Crippen LogP) is 3.98. The fraction of sp³-hybridized carbons (Fsp3) is 0.250. The summed E-state index contributed by atoms with van der Waals surface area (Å²) >= 11 is 11.9. The lowest BCUT2D eigenvalue weighted by Gasteiger charge is -2.14. The number of halogens is 5. The van der Waals surface area contributed by atoms with Gasteiger partial charge < -0.3 is 5.32 Å². The number of benzene rings is 1. The van der Waals surface area contributed by atoms with Gasteiger partial charge in [-0.3, -0.25) is 4.21 Å². The topological polar surface area (TPSA) is 46.9 Å². The van der Waals surface area contributed by atoms with Crippen molar-refractivity contribution in [2.24, 2.45) is 0 Å². The highest BCUT2D eigenvalue weighted by atomic mass is 35.5. The van der Waals surface area contributed by atoms with Gasteiger partial charge in [0, 0.05) is 13.3 Å². The molecule has 1 heterocycles. The van der Waals surface area contributed by atoms with Crippen LogP contribution in [-0.2, 0) is 17.0 Å². The van der Waals surface area contributed by atoms with Gasteiger partial charge in [0.05, 0.1) is 32.6 Å². The molecule has 2 rings (SSSR count). The zero-order valence-corrected chi connectivity index (χ0v) is 13.7. The van der Waals surface area contributed by atoms with Gasteiger partial charge in [-0.25, -0.2) is 4.68 Å². The molecule has 0 spiro atoms. The SMILES string of the molecule is CNc1c(S(C)=O)cnn1-c1c(Cl)cc(C(F)(F)F)cc1Cl. The van der Waals surface area contributed by atoms with Crippen LogP contribution in [0.3, 0.4) is 0 Å². The third kappa shape index (κ3) is 3.09. The Morgan fingerprint density at radius 2 is 1.82 bits per heavy atom. The first-order chi connectivity index (χ1) is 10.2. The Morgan fingerprint density at radius 1 is 1.27 bits per heavy atom. The second kappa shape index (κ2) is 6.10. The van der Waals surface area contributed by atoms with E-state index < -0.39 is 22.5 Å². The second-order valence-electron chi connectivity index (χ2n) is 4.26. The summed E-state index contributed by atoms with van der Waals surface area (Å²) in [6, 6.07) is 1.54. The van der Waals surface area contributed by atoms with Crippen LogP contribution >= 0.6 is 23.2 Å². The first kappa shape index (κ1) is 17.1. The molecule has 1 N–H and O–H groups in total. The van der Waals surface area contributed by atoms with E-state index in [1.54, 1.807) is 7.05 Å². The van der Waals surface area contributed by atoms with Gasteiger partial charge in [0.15, 0.2) is 0 Å². The van der Waals surface area contributed by atoms with Crippen molar-refractivity contribution in [2.45, 2.75) is 11.1 Å². The van der Waals surface area contributed by atoms with Crippen LogP contribution in [0.5, 0.6) is 0 Å². The van der Waals surface area contributed by atoms with E-state index in [0.29, 0.717) is 10.7 Å². The Bertz CT molecular complexity index is 723. The van der Waals surface area contributed by atoms with Crippen molar-refractivity contribution in [2.75, 3.05) is 18.6 Å². The van der Waals surface area contributed by atoms with Crippen LogP contribution in [0.4, 0.5) is 19.0 Å². The molecular weight excluding hydrogens is 362 g/mol. The Hall–Kier alpha value is -1.25. The number of alkyl halides is 3. The quantitative estimate of drug-likeness (QED) is 0.887. The van der Waals surface area contributed by atoms with Gasteiger partial charge in [-0.05, 0) is 12.1 Å². The molecular formula is C12H10Cl2F3N3OS. The van der Waals surface area contributed by atoms with Crippen LogP contribution < -0.4 is 5.32 Å². The fourth-order valence-electron chi connectivity index (χ4n) is 1.87. The molecule has 10 heteroatoms. The summed E-state index contributed by atoms with van der Waals surface area (Å²) in [5.41, 5.74) is -0.874. The maximum Gasteiger partial charge on any atom is 0.416 e. The number of rotatable bonds is 3. The van der Waals surface area contributed by atoms with Gasteiger partial charge in [-0.15, -0.1) is 0 Å². The van der Waals surface area contributed by atoms with Crippen LogP contribution in [0.1, 0.15) is 5.56 Å². The Kier molecular flexibility index (Phi) is 4.74. The molecule has 0 saturated heterocycles. The molecule has 0 saturated carbocycles. The molecule has 2 aromatic rings. The van der Waals surface area contributed by atoms with E-state index in [1.807, 2.05) is 0 Å². The van der Waals surface area contributed by atoms with Crippen molar-refractivity contribution in [3.8, 4) is 5.69 Å². The van der Waals surface area contributed by atoms with Crippen LogP contribution in [0, 0.1) is 0 Å². The van der Waals surface area contributed by atoms with E-state index in [2.05, 4.69) is 10.4 Å². The molecule has 22 heavy (non-hydrogen) atoms. The minimum atomic E-state index is -4.56. The molecule has 1 unspecified atom stereocenters. The maximum absolute atomic E-state index is 12.7. The summed E-state index contributed by atoms with van der Waals surface area (Å²) in [4.78, 5) is 0.384. The van der Waals surface area contributed by atoms with Crippen LogP contribution in [-0.4, -0.2) is 27.3 Å². The highest BCUT2D eigenvalue weighted by molar-refractivity contribution is 7.84. The molecule has 0 bridgehead atoms. The van der Waals surface area contributed by atoms with E-state index in [0.717, 1.165) is 12.1 Å². The molecule has 1 aromatic heterocycles. The number of anilines is 1. The molecule has 0 fully saturated rings. The second-order valence-corrected chi connectivity index (χ2v) is 6.42. The van der Waals surface area contributed by atoms with Gasteiger partial charge in [0.1, 0.15) is 16.4 Å². The highest BCUT2D eigenvalue weighted by Gasteiger charge is 2.32. The largest absolute Gasteiger partial charge is 0.416 e. The Morgan fingerprint density at radius 3 is 2.23 bits per heavy atom. The predicted molar refractivity (Wildman–Crippen MR) is 80.5 cm³/mol. The lowest BCUT2D eigenvalue weighted by atomic mass is 10.2. The van der Waals surface area contributed by atoms with Gasteiger partial charge in [0.2, 0.25) is 0 Å². The van der Waals surface area contributed by atoms with Gasteiger partial charge >= 0.3 is 6.18 Å². The van der Waals surface area contributed by atoms with Crippen molar-refractivity contribution in [3.63, 3.8) is 0 Å². The molecule has 1 aromatic carbocycles. The van der Waals surface area contributed by atoms with Crippen molar-refractivity contribution in [1.82, 2.24) is 9.78 Å². The third-order valence-corrected chi connectivity index (χ3v) is 4.33. The lowest BCUT2D eigenvalue weighted by Crippen LogP contribution is -2.09. The molecule has 0 aliphatic carbocycles. The summed E-state index contributed by atoms with van der Waals surface area (Å²) in [6.07, 6.45) is -1.76. The van der Waals surface area contributed by atoms with Crippen LogP contribution in [0.25, 0.3) is 5.69 Å². The normalized spacial score (nSPS) is 13.2. The number of aromatic nitrogens is 2. The first-order valence-corrected chi connectivity index (χ1v) is 8.14. The summed E-state index contributed by atoms with van der Waals surface area (Å²) in [6.45, 7) is 0. The zero-order valence-electron chi connectivity index (χ0n) is 11.3. The van der Waals surface area contributed by atoms with Crippen molar-refractivity contribution >= 4 is 39.8 Å². The number of hydrogen-bond acceptors (Lipinski definition) is 3. The lowest BCUT2D eigenvalue weighted by molar-refractivity contribution is -0.137. The fourth-order valence-corrected chi connectivity index (χ4v) is 3.18. The minimum absolute atomic E-state index is 0.0809. The Labute approximate surface area is 136 Å². The monoisotopic (exact) mass is 371 g/mol. The first-order valence-electron chi connectivity index (χ1n) is 5.82. The van der Waals surface area contributed by atoms with E-state index >= 15 is 0 Å². The molecule has 4 nitrogen and oxygen atoms in total. The zero-order chi connectivity index (χ0) is 16.7. The molecule has 120 valence electrons. The highest BCUT2D eigenvalue weighted by Crippen LogP contribution is 2.38. The summed E-state index contributed by atoms with van der Waals surface area (Å²) in [5, 5.41) is 6.36. The summed E-state index contributed by atoms with van der Waals surface area (Å²) in [7, 11) is 0.228. The maximum atomic E-state index is 12.7. The Balaban J connectivity index is 2.67. The number of nitrogens with one attached hydrogen (secondary N) is 1. The minimum Gasteiger partial charge on any atom is -0.372 e. The van der Waals surface area contributed by atoms with Crippen molar-refractivity contribution < 1.29 is 17.4 Å². The van der Waals surface area contributed by atoms with E-state index in [1.165, 1.54) is 17.1 Å². The molecule has 0 aliphatic rings. The van der Waals surface area contributed by atoms with E-state index in [-0.39, 0.29) is 15.7 Å². The molecule has 1 atom stereocenters. The summed E-state index contributed by atoms with van der Waals surface area (Å²) < 4.78 is 51.1. The standard InChI is InChI=1S/C12H10Cl2F3N3OS/c1-18-11-9(22(2)21)5-19-20(11)10-7(13)3-6(4-8(10)14)12(15,16)17/h3-5,18H,1-2H3. The van der Waals surface area contributed by atoms with Crippen molar-refractivity contribution in [3.05, 3.63) is 33.9 Å². The summed E-state index contributed by atoms with van der Waals surface area (Å²) in [5.74, 6) is 0.337. The van der Waals surface area contributed by atoms with Crippen LogP contribution in [0.15, 0.2) is 23.2 Å². The smallest absolute Gasteiger partial charge is 0.372 e. The van der Waals surface area contributed by atoms with Gasteiger partial charge in [-0.2, -0.15) is 18.3 Å². The molecule has 0 aliphatic heterocycles. The third-order valence-electron chi connectivity index (χ3n) is 2.84. The number of nitrogens with zero attached hydrogens (tertiary/aromatic N) is 2. The van der Waals surface area contributed by atoms with E-state index in [4.69, 9.17) is 23.2 Å². The van der Waals surface area contributed by atoms with Gasteiger partial charge in [0.25, 0.3) is 0 Å². The average Bonchev–Trinajstić information content (AvgIpc) is 2.80. The molecule has 0 amide bonds. The van der Waals surface area contributed by atoms with E-state index in [9.17, 15) is 17.4 Å². The van der Waals surface area contributed by atoms with Crippen LogP contribution in [0.2, 0.25) is 10.0 Å². The van der Waals surface area contributed by atoms with Gasteiger partial charge in [-0.1, -0.05) is 23.2 Å². The van der Waals surface area contributed by atoms with Crippen molar-refractivity contribution in [1.29, 1.82) is 0 Å².